The van der Waals surface area contributed by atoms with E-state index in [2.05, 4.69) is 4.74 Å². The fourth-order valence-electron chi connectivity index (χ4n) is 3.21. The van der Waals surface area contributed by atoms with Crippen molar-refractivity contribution in [1.82, 2.24) is 0 Å². The molecule has 0 saturated heterocycles. The van der Waals surface area contributed by atoms with Crippen molar-refractivity contribution in [2.75, 3.05) is 13.2 Å². The van der Waals surface area contributed by atoms with Gasteiger partial charge in [-0.2, -0.15) is 61.5 Å². The first kappa shape index (κ1) is 35.8. The van der Waals surface area contributed by atoms with Crippen molar-refractivity contribution < 1.29 is 84.5 Å². The highest BCUT2D eigenvalue weighted by molar-refractivity contribution is 5.90. The number of hydrogen-bond donors (Lipinski definition) is 0. The van der Waals surface area contributed by atoms with Crippen molar-refractivity contribution in [3.8, 4) is 16.9 Å². The van der Waals surface area contributed by atoms with Crippen LogP contribution in [0.3, 0.4) is 0 Å². The topological polar surface area (TPSA) is 35.5 Å². The standard InChI is InChI=1S/C24H16F16O3/c1-2-42-15-9-7-13(8-10-15)12-3-5-14(6-4-12)16(41)43-11-18(27,28)20(31,32)22(35,36)24(39,40)23(37,38)21(33,34)19(29,30)17(25)26/h3-10,17H,2,11H2,1H3. The third-order valence-electron chi connectivity index (χ3n) is 5.73. The van der Waals surface area contributed by atoms with Gasteiger partial charge in [0.1, 0.15) is 5.75 Å². The molecule has 0 atom stereocenters. The Kier molecular flexibility index (Phi) is 9.65. The van der Waals surface area contributed by atoms with E-state index in [0.29, 0.717) is 23.5 Å². The number of hydrogen-bond acceptors (Lipinski definition) is 3. The molecule has 0 aliphatic rings. The zero-order valence-electron chi connectivity index (χ0n) is 20.9. The van der Waals surface area contributed by atoms with Crippen molar-refractivity contribution in [2.24, 2.45) is 0 Å². The van der Waals surface area contributed by atoms with Gasteiger partial charge >= 0.3 is 53.9 Å². The van der Waals surface area contributed by atoms with Gasteiger partial charge in [-0.15, -0.1) is 0 Å². The number of carbonyl (C=O) groups is 1. The van der Waals surface area contributed by atoms with E-state index in [1.165, 1.54) is 0 Å². The molecule has 0 N–H and O–H groups in total. The van der Waals surface area contributed by atoms with E-state index in [0.717, 1.165) is 24.3 Å². The van der Waals surface area contributed by atoms with Gasteiger partial charge in [-0.3, -0.25) is 0 Å². The minimum absolute atomic E-state index is 0.351. The van der Waals surface area contributed by atoms with Gasteiger partial charge < -0.3 is 9.47 Å². The molecule has 2 aromatic carbocycles. The minimum atomic E-state index is -8.52. The Hall–Kier alpha value is -3.41. The Morgan fingerprint density at radius 2 is 1.02 bits per heavy atom. The number of rotatable bonds is 13. The lowest BCUT2D eigenvalue weighted by molar-refractivity contribution is -0.447. The molecule has 242 valence electrons. The molecule has 0 radical (unpaired) electrons. The summed E-state index contributed by atoms with van der Waals surface area (Å²) in [6, 6.07) is 10.2. The largest absolute Gasteiger partial charge is 0.494 e. The summed E-state index contributed by atoms with van der Waals surface area (Å²) < 4.78 is 223. The van der Waals surface area contributed by atoms with Crippen LogP contribution in [-0.4, -0.2) is 67.1 Å². The maximum absolute atomic E-state index is 14.0. The van der Waals surface area contributed by atoms with Gasteiger partial charge in [0.15, 0.2) is 6.61 Å². The highest BCUT2D eigenvalue weighted by atomic mass is 19.4. The molecule has 2 aromatic rings. The number of carbonyl (C=O) groups excluding carboxylic acids is 1. The summed E-state index contributed by atoms with van der Waals surface area (Å²) in [6.45, 7) is -1.18. The van der Waals surface area contributed by atoms with Crippen molar-refractivity contribution in [3.63, 3.8) is 0 Å². The molecule has 0 unspecified atom stereocenters. The molecular formula is C24H16F16O3. The molecule has 0 bridgehead atoms. The van der Waals surface area contributed by atoms with Crippen LogP contribution < -0.4 is 4.74 Å². The van der Waals surface area contributed by atoms with Crippen molar-refractivity contribution in [3.05, 3.63) is 54.1 Å². The average molecular weight is 656 g/mol. The first-order valence-corrected chi connectivity index (χ1v) is 11.3. The van der Waals surface area contributed by atoms with Gasteiger partial charge in [0.2, 0.25) is 0 Å². The lowest BCUT2D eigenvalue weighted by Crippen LogP contribution is -2.74. The molecule has 0 heterocycles. The molecule has 43 heavy (non-hydrogen) atoms. The van der Waals surface area contributed by atoms with Crippen molar-refractivity contribution in [1.29, 1.82) is 0 Å². The number of ether oxygens (including phenoxy) is 2. The van der Waals surface area contributed by atoms with Crippen LogP contribution in [0.5, 0.6) is 5.75 Å². The monoisotopic (exact) mass is 656 g/mol. The second-order valence-corrected chi connectivity index (χ2v) is 8.61. The fourth-order valence-corrected chi connectivity index (χ4v) is 3.21. The Morgan fingerprint density at radius 3 is 1.44 bits per heavy atom. The first-order valence-electron chi connectivity index (χ1n) is 11.3. The minimum Gasteiger partial charge on any atom is -0.494 e. The van der Waals surface area contributed by atoms with E-state index in [1.807, 2.05) is 0 Å². The molecular weight excluding hydrogens is 640 g/mol. The van der Waals surface area contributed by atoms with Crippen LogP contribution in [0.25, 0.3) is 11.1 Å². The Labute approximate surface area is 230 Å². The molecule has 0 aliphatic heterocycles. The summed E-state index contributed by atoms with van der Waals surface area (Å²) in [4.78, 5) is 12.0. The predicted octanol–water partition coefficient (Wildman–Crippen LogP) is 8.62. The normalized spacial score (nSPS) is 14.2. The van der Waals surface area contributed by atoms with E-state index < -0.39 is 66.0 Å². The van der Waals surface area contributed by atoms with Gasteiger partial charge in [0.05, 0.1) is 12.2 Å². The Balaban J connectivity index is 2.27. The molecule has 0 amide bonds. The van der Waals surface area contributed by atoms with Crippen LogP contribution in [0.2, 0.25) is 0 Å². The summed E-state index contributed by atoms with van der Waals surface area (Å²) in [6.07, 6.45) is -5.92. The Bertz CT molecular complexity index is 1260. The second kappa shape index (κ2) is 11.6. The van der Waals surface area contributed by atoms with Crippen molar-refractivity contribution in [2.45, 2.75) is 54.8 Å². The van der Waals surface area contributed by atoms with E-state index in [-0.39, 0.29) is 0 Å². The van der Waals surface area contributed by atoms with Crippen LogP contribution in [-0.2, 0) is 4.74 Å². The van der Waals surface area contributed by atoms with Gasteiger partial charge in [-0.25, -0.2) is 13.6 Å². The SMILES string of the molecule is CCOc1ccc(-c2ccc(C(=O)OCC(F)(F)C(F)(F)C(F)(F)C(F)(F)C(F)(F)C(F)(F)C(F)(F)C(F)F)cc2)cc1. The summed E-state index contributed by atoms with van der Waals surface area (Å²) in [5.74, 6) is -57.1. The molecule has 0 fully saturated rings. The number of esters is 1. The molecule has 0 saturated carbocycles. The van der Waals surface area contributed by atoms with Gasteiger partial charge in [-0.1, -0.05) is 24.3 Å². The maximum atomic E-state index is 14.0. The van der Waals surface area contributed by atoms with Crippen LogP contribution in [0.4, 0.5) is 70.2 Å². The maximum Gasteiger partial charge on any atom is 0.385 e. The van der Waals surface area contributed by atoms with Gasteiger partial charge in [0.25, 0.3) is 0 Å². The first-order chi connectivity index (χ1) is 19.3. The summed E-state index contributed by atoms with van der Waals surface area (Å²) in [7, 11) is 0. The van der Waals surface area contributed by atoms with E-state index in [9.17, 15) is 75.0 Å². The molecule has 0 spiro atoms. The molecule has 0 aromatic heterocycles. The third kappa shape index (κ3) is 5.90. The fraction of sp³-hybridized carbons (Fsp3) is 0.458. The molecule has 3 nitrogen and oxygen atoms in total. The average Bonchev–Trinajstić information content (AvgIpc) is 2.91. The number of halogens is 16. The van der Waals surface area contributed by atoms with Crippen LogP contribution >= 0.6 is 0 Å². The van der Waals surface area contributed by atoms with E-state index in [1.54, 1.807) is 31.2 Å². The zero-order valence-corrected chi connectivity index (χ0v) is 20.9. The summed E-state index contributed by atoms with van der Waals surface area (Å²) in [5, 5.41) is 0. The molecule has 19 heteroatoms. The van der Waals surface area contributed by atoms with Gasteiger partial charge in [0, 0.05) is 0 Å². The molecule has 0 aliphatic carbocycles. The number of alkyl halides is 16. The smallest absolute Gasteiger partial charge is 0.385 e. The Morgan fingerprint density at radius 1 is 0.628 bits per heavy atom. The van der Waals surface area contributed by atoms with Crippen LogP contribution in [0.1, 0.15) is 17.3 Å². The lowest BCUT2D eigenvalue weighted by atomic mass is 9.89. The van der Waals surface area contributed by atoms with Crippen LogP contribution in [0, 0.1) is 0 Å². The van der Waals surface area contributed by atoms with E-state index in [4.69, 9.17) is 4.74 Å². The summed E-state index contributed by atoms with van der Waals surface area (Å²) in [5.41, 5.74) is 0.159. The third-order valence-corrected chi connectivity index (χ3v) is 5.73. The predicted molar refractivity (Wildman–Crippen MR) is 114 cm³/mol. The van der Waals surface area contributed by atoms with Crippen LogP contribution in [0.15, 0.2) is 48.5 Å². The highest BCUT2D eigenvalue weighted by Crippen LogP contribution is 2.62. The summed E-state index contributed by atoms with van der Waals surface area (Å²) >= 11 is 0. The highest BCUT2D eigenvalue weighted by Gasteiger charge is 2.93. The lowest BCUT2D eigenvalue weighted by Gasteiger charge is -2.42. The van der Waals surface area contributed by atoms with Gasteiger partial charge in [-0.05, 0) is 42.3 Å². The second-order valence-electron chi connectivity index (χ2n) is 8.61. The van der Waals surface area contributed by atoms with Crippen molar-refractivity contribution >= 4 is 5.97 Å². The quantitative estimate of drug-likeness (QED) is 0.160. The number of benzene rings is 2. The van der Waals surface area contributed by atoms with E-state index >= 15 is 0 Å². The molecule has 2 rings (SSSR count). The zero-order chi connectivity index (χ0) is 33.4.